The first-order valence-corrected chi connectivity index (χ1v) is 11.5. The van der Waals surface area contributed by atoms with Gasteiger partial charge in [-0.2, -0.15) is 0 Å². The summed E-state index contributed by atoms with van der Waals surface area (Å²) in [5.74, 6) is 0.924. The normalized spacial score (nSPS) is 12.5. The van der Waals surface area contributed by atoms with Gasteiger partial charge in [-0.15, -0.1) is 0 Å². The van der Waals surface area contributed by atoms with Crippen molar-refractivity contribution in [2.75, 3.05) is 38.3 Å². The maximum atomic E-state index is 12.8. The van der Waals surface area contributed by atoms with Crippen molar-refractivity contribution in [1.29, 1.82) is 0 Å². The first-order valence-electron chi connectivity index (χ1n) is 11.5. The van der Waals surface area contributed by atoms with Gasteiger partial charge in [-0.1, -0.05) is 6.07 Å². The van der Waals surface area contributed by atoms with Gasteiger partial charge < -0.3 is 23.5 Å². The van der Waals surface area contributed by atoms with Crippen molar-refractivity contribution in [3.05, 3.63) is 65.9 Å². The van der Waals surface area contributed by atoms with E-state index in [1.807, 2.05) is 13.8 Å². The van der Waals surface area contributed by atoms with Crippen LogP contribution in [-0.2, 0) is 11.3 Å². The van der Waals surface area contributed by atoms with E-state index < -0.39 is 0 Å². The van der Waals surface area contributed by atoms with Crippen LogP contribution in [0.4, 0.5) is 5.69 Å². The quantitative estimate of drug-likeness (QED) is 0.396. The fourth-order valence-corrected chi connectivity index (χ4v) is 3.76. The lowest BCUT2D eigenvalue weighted by Crippen LogP contribution is -2.38. The van der Waals surface area contributed by atoms with Gasteiger partial charge in [0.15, 0.2) is 24.7 Å². The van der Waals surface area contributed by atoms with Crippen LogP contribution in [0.2, 0.25) is 0 Å². The van der Waals surface area contributed by atoms with Crippen molar-refractivity contribution in [1.82, 2.24) is 9.88 Å². The van der Waals surface area contributed by atoms with E-state index in [1.54, 1.807) is 54.5 Å². The van der Waals surface area contributed by atoms with Gasteiger partial charge in [0.05, 0.1) is 12.8 Å². The highest BCUT2D eigenvalue weighted by Gasteiger charge is 2.29. The standard InChI is InChI=1S/C26H27N3O7/c1-4-28(5-2)26(32)20-14-36-24(27-20)13-29-21-11-17(9-10-23(21)35-16-25(29)31)22(30)15-34-19-8-6-7-18(12-19)33-3/h6-12,14H,4-5,13,15-16H2,1-3H3. The van der Waals surface area contributed by atoms with Gasteiger partial charge in [0, 0.05) is 24.7 Å². The zero-order valence-corrected chi connectivity index (χ0v) is 20.4. The third-order valence-electron chi connectivity index (χ3n) is 5.75. The highest BCUT2D eigenvalue weighted by molar-refractivity contribution is 6.02. The van der Waals surface area contributed by atoms with Gasteiger partial charge in [0.2, 0.25) is 5.89 Å². The number of hydrogen-bond donors (Lipinski definition) is 0. The molecule has 10 heteroatoms. The number of oxazole rings is 1. The van der Waals surface area contributed by atoms with Gasteiger partial charge in [-0.25, -0.2) is 4.98 Å². The molecule has 0 N–H and O–H groups in total. The summed E-state index contributed by atoms with van der Waals surface area (Å²) >= 11 is 0. The highest BCUT2D eigenvalue weighted by Crippen LogP contribution is 2.34. The number of carbonyl (C=O) groups is 3. The number of rotatable bonds is 10. The Morgan fingerprint density at radius 1 is 1.11 bits per heavy atom. The number of amides is 2. The first-order chi connectivity index (χ1) is 17.4. The number of ketones is 1. The molecule has 36 heavy (non-hydrogen) atoms. The van der Waals surface area contributed by atoms with E-state index in [1.165, 1.54) is 11.2 Å². The summed E-state index contributed by atoms with van der Waals surface area (Å²) in [6.45, 7) is 4.48. The van der Waals surface area contributed by atoms with Crippen LogP contribution in [0.15, 0.2) is 53.1 Å². The highest BCUT2D eigenvalue weighted by atomic mass is 16.5. The topological polar surface area (TPSA) is 111 Å². The molecule has 0 unspecified atom stereocenters. The van der Waals surface area contributed by atoms with Crippen molar-refractivity contribution < 1.29 is 33.0 Å². The molecular formula is C26H27N3O7. The van der Waals surface area contributed by atoms with Crippen LogP contribution in [0.5, 0.6) is 17.2 Å². The molecule has 0 aliphatic carbocycles. The fourth-order valence-electron chi connectivity index (χ4n) is 3.76. The molecule has 0 saturated carbocycles. The Morgan fingerprint density at radius 2 is 1.89 bits per heavy atom. The minimum absolute atomic E-state index is 0.0152. The SMILES string of the molecule is CCN(CC)C(=O)c1coc(CN2C(=O)COc3ccc(C(=O)COc4cccc(OC)c4)cc32)n1. The molecular weight excluding hydrogens is 466 g/mol. The average Bonchev–Trinajstić information content (AvgIpc) is 3.38. The molecule has 1 aliphatic heterocycles. The van der Waals surface area contributed by atoms with E-state index in [2.05, 4.69) is 4.98 Å². The minimum atomic E-state index is -0.324. The molecule has 0 saturated heterocycles. The third kappa shape index (κ3) is 5.32. The Kier molecular flexibility index (Phi) is 7.53. The number of fused-ring (bicyclic) bond motifs is 1. The Labute approximate surface area is 208 Å². The molecule has 188 valence electrons. The lowest BCUT2D eigenvalue weighted by atomic mass is 10.1. The Hall–Kier alpha value is -4.34. The fraction of sp³-hybridized carbons (Fsp3) is 0.308. The summed E-state index contributed by atoms with van der Waals surface area (Å²) in [6, 6.07) is 11.8. The maximum Gasteiger partial charge on any atom is 0.275 e. The number of carbonyl (C=O) groups excluding carboxylic acids is 3. The number of methoxy groups -OCH3 is 1. The number of anilines is 1. The molecule has 0 radical (unpaired) electrons. The largest absolute Gasteiger partial charge is 0.497 e. The Bertz CT molecular complexity index is 1270. The van der Waals surface area contributed by atoms with Gasteiger partial charge in [-0.3, -0.25) is 19.3 Å². The van der Waals surface area contributed by atoms with Gasteiger partial charge in [-0.05, 0) is 44.2 Å². The predicted octanol–water partition coefficient (Wildman–Crippen LogP) is 3.35. The van der Waals surface area contributed by atoms with Gasteiger partial charge in [0.1, 0.15) is 30.1 Å². The molecule has 2 heterocycles. The Morgan fingerprint density at radius 3 is 2.64 bits per heavy atom. The number of hydrogen-bond acceptors (Lipinski definition) is 8. The maximum absolute atomic E-state index is 12.8. The van der Waals surface area contributed by atoms with Gasteiger partial charge >= 0.3 is 0 Å². The molecule has 1 aliphatic rings. The molecule has 1 aromatic heterocycles. The van der Waals surface area contributed by atoms with Crippen LogP contribution in [-0.4, -0.2) is 60.9 Å². The molecule has 0 atom stereocenters. The number of Topliss-reactive ketones (excluding diaryl/α,β-unsaturated/α-hetero) is 1. The zero-order valence-electron chi connectivity index (χ0n) is 20.4. The molecule has 4 rings (SSSR count). The molecule has 0 bridgehead atoms. The number of nitrogens with zero attached hydrogens (tertiary/aromatic N) is 3. The monoisotopic (exact) mass is 493 g/mol. The van der Waals surface area contributed by atoms with E-state index in [0.717, 1.165) is 0 Å². The van der Waals surface area contributed by atoms with E-state index >= 15 is 0 Å². The van der Waals surface area contributed by atoms with Crippen LogP contribution in [0, 0.1) is 0 Å². The second kappa shape index (κ2) is 10.9. The van der Waals surface area contributed by atoms with E-state index in [-0.39, 0.29) is 48.9 Å². The van der Waals surface area contributed by atoms with Crippen LogP contribution in [0.25, 0.3) is 0 Å². The summed E-state index contributed by atoms with van der Waals surface area (Å²) in [7, 11) is 1.55. The lowest BCUT2D eigenvalue weighted by Gasteiger charge is -2.28. The molecule has 3 aromatic rings. The molecule has 2 aromatic carbocycles. The summed E-state index contributed by atoms with van der Waals surface area (Å²) in [5, 5.41) is 0. The summed E-state index contributed by atoms with van der Waals surface area (Å²) in [4.78, 5) is 45.4. The van der Waals surface area contributed by atoms with Crippen LogP contribution < -0.4 is 19.1 Å². The Balaban J connectivity index is 1.50. The second-order valence-electron chi connectivity index (χ2n) is 7.95. The van der Waals surface area contributed by atoms with E-state index in [9.17, 15) is 14.4 Å². The first kappa shape index (κ1) is 24.8. The number of ether oxygens (including phenoxy) is 3. The third-order valence-corrected chi connectivity index (χ3v) is 5.75. The van der Waals surface area contributed by atoms with E-state index in [4.69, 9.17) is 18.6 Å². The predicted molar refractivity (Wildman–Crippen MR) is 130 cm³/mol. The summed E-state index contributed by atoms with van der Waals surface area (Å²) in [6.07, 6.45) is 1.29. The second-order valence-corrected chi connectivity index (χ2v) is 7.95. The van der Waals surface area contributed by atoms with Gasteiger partial charge in [0.25, 0.3) is 11.8 Å². The summed E-state index contributed by atoms with van der Waals surface area (Å²) in [5.41, 5.74) is 0.936. The van der Waals surface area contributed by atoms with Crippen molar-refractivity contribution in [3.63, 3.8) is 0 Å². The average molecular weight is 494 g/mol. The van der Waals surface area contributed by atoms with Crippen molar-refractivity contribution in [2.45, 2.75) is 20.4 Å². The van der Waals surface area contributed by atoms with Crippen LogP contribution in [0.3, 0.4) is 0 Å². The van der Waals surface area contributed by atoms with Crippen LogP contribution in [0.1, 0.15) is 40.6 Å². The van der Waals surface area contributed by atoms with Crippen molar-refractivity contribution in [2.24, 2.45) is 0 Å². The zero-order chi connectivity index (χ0) is 25.7. The smallest absolute Gasteiger partial charge is 0.275 e. The number of benzene rings is 2. The molecule has 10 nitrogen and oxygen atoms in total. The van der Waals surface area contributed by atoms with E-state index in [0.29, 0.717) is 41.6 Å². The molecule has 0 spiro atoms. The van der Waals surface area contributed by atoms with Crippen molar-refractivity contribution in [3.8, 4) is 17.2 Å². The lowest BCUT2D eigenvalue weighted by molar-refractivity contribution is -0.121. The van der Waals surface area contributed by atoms with Crippen molar-refractivity contribution >= 4 is 23.3 Å². The summed E-state index contributed by atoms with van der Waals surface area (Å²) < 4.78 is 21.8. The van der Waals surface area contributed by atoms with Crippen LogP contribution >= 0.6 is 0 Å². The minimum Gasteiger partial charge on any atom is -0.497 e. The molecule has 0 fully saturated rings. The molecule has 2 amide bonds. The number of aromatic nitrogens is 1.